The molecule has 0 saturated carbocycles. The summed E-state index contributed by atoms with van der Waals surface area (Å²) in [5, 5.41) is 6.21. The second kappa shape index (κ2) is 11.3. The minimum absolute atomic E-state index is 0.00688. The average Bonchev–Trinajstić information content (AvgIpc) is 2.79. The third kappa shape index (κ3) is 6.67. The van der Waals surface area contributed by atoms with Gasteiger partial charge in [-0.25, -0.2) is 14.8 Å². The Hall–Kier alpha value is -3.16. The van der Waals surface area contributed by atoms with E-state index in [1.165, 1.54) is 0 Å². The molecule has 31 heavy (non-hydrogen) atoms. The summed E-state index contributed by atoms with van der Waals surface area (Å²) in [5.74, 6) is 0.368. The Bertz CT molecular complexity index is 867. The van der Waals surface area contributed by atoms with Gasteiger partial charge in [-0.3, -0.25) is 4.79 Å². The van der Waals surface area contributed by atoms with Crippen molar-refractivity contribution in [2.24, 2.45) is 0 Å². The zero-order valence-electron chi connectivity index (χ0n) is 18.3. The van der Waals surface area contributed by atoms with Gasteiger partial charge in [-0.1, -0.05) is 43.7 Å². The van der Waals surface area contributed by atoms with Crippen LogP contribution < -0.4 is 10.6 Å². The third-order valence-electron chi connectivity index (χ3n) is 5.33. The van der Waals surface area contributed by atoms with Crippen LogP contribution in [-0.4, -0.2) is 52.5 Å². The van der Waals surface area contributed by atoms with E-state index in [-0.39, 0.29) is 24.6 Å². The minimum Gasteiger partial charge on any atom is -0.445 e. The molecule has 1 aliphatic rings. The highest BCUT2D eigenvalue weighted by Crippen LogP contribution is 2.14. The van der Waals surface area contributed by atoms with Crippen molar-refractivity contribution in [3.05, 3.63) is 53.3 Å². The number of anilines is 1. The highest BCUT2D eigenvalue weighted by Gasteiger charge is 2.25. The van der Waals surface area contributed by atoms with Gasteiger partial charge in [0.25, 0.3) is 5.91 Å². The Kier molecular flexibility index (Phi) is 8.20. The lowest BCUT2D eigenvalue weighted by Crippen LogP contribution is -2.46. The van der Waals surface area contributed by atoms with Gasteiger partial charge in [0.05, 0.1) is 11.3 Å². The van der Waals surface area contributed by atoms with Crippen molar-refractivity contribution in [3.8, 4) is 0 Å². The van der Waals surface area contributed by atoms with Gasteiger partial charge in [-0.15, -0.1) is 0 Å². The van der Waals surface area contributed by atoms with E-state index in [4.69, 9.17) is 4.74 Å². The molecule has 1 aromatic heterocycles. The molecular weight excluding hydrogens is 394 g/mol. The molecule has 8 heteroatoms. The largest absolute Gasteiger partial charge is 0.445 e. The summed E-state index contributed by atoms with van der Waals surface area (Å²) in [6.45, 7) is 6.11. The summed E-state index contributed by atoms with van der Waals surface area (Å²) >= 11 is 0. The second-order valence-electron chi connectivity index (χ2n) is 7.75. The topological polar surface area (TPSA) is 96.5 Å². The lowest BCUT2D eigenvalue weighted by molar-refractivity contribution is 0.0809. The quantitative estimate of drug-likeness (QED) is 0.628. The molecule has 2 heterocycles. The van der Waals surface area contributed by atoms with Crippen LogP contribution in [0.3, 0.4) is 0 Å². The first kappa shape index (κ1) is 22.5. The predicted octanol–water partition coefficient (Wildman–Crippen LogP) is 3.53. The van der Waals surface area contributed by atoms with Crippen molar-refractivity contribution in [3.63, 3.8) is 0 Å². The van der Waals surface area contributed by atoms with Crippen molar-refractivity contribution in [2.75, 3.05) is 25.0 Å². The highest BCUT2D eigenvalue weighted by atomic mass is 16.6. The van der Waals surface area contributed by atoms with Gasteiger partial charge in [0.2, 0.25) is 5.95 Å². The molecule has 1 aromatic carbocycles. The van der Waals surface area contributed by atoms with E-state index < -0.39 is 0 Å². The number of likely N-dealkylation sites (tertiary alicyclic amines) is 1. The predicted molar refractivity (Wildman–Crippen MR) is 119 cm³/mol. The molecule has 1 saturated heterocycles. The first-order chi connectivity index (χ1) is 15.1. The van der Waals surface area contributed by atoms with Crippen molar-refractivity contribution in [1.82, 2.24) is 20.2 Å². The molecule has 166 valence electrons. The molecule has 0 unspecified atom stereocenters. The molecule has 1 aliphatic heterocycles. The summed E-state index contributed by atoms with van der Waals surface area (Å²) in [7, 11) is 0. The SMILES string of the molecule is CCCCNc1ncc(C(=O)NC2CCN(C(=O)OCc3ccccc3)CC2)c(C)n1. The Labute approximate surface area is 183 Å². The molecule has 1 fully saturated rings. The van der Waals surface area contributed by atoms with Gasteiger partial charge in [-0.2, -0.15) is 0 Å². The molecule has 2 N–H and O–H groups in total. The monoisotopic (exact) mass is 425 g/mol. The number of rotatable bonds is 8. The number of piperidine rings is 1. The number of aromatic nitrogens is 2. The van der Waals surface area contributed by atoms with E-state index in [0.717, 1.165) is 24.9 Å². The second-order valence-corrected chi connectivity index (χ2v) is 7.75. The van der Waals surface area contributed by atoms with Gasteiger partial charge in [0, 0.05) is 31.9 Å². The average molecular weight is 426 g/mol. The van der Waals surface area contributed by atoms with Crippen LogP contribution in [0.1, 0.15) is 54.2 Å². The fraction of sp³-hybridized carbons (Fsp3) is 0.478. The van der Waals surface area contributed by atoms with Gasteiger partial charge in [0.15, 0.2) is 0 Å². The number of amides is 2. The molecule has 2 aromatic rings. The zero-order chi connectivity index (χ0) is 22.1. The number of hydrogen-bond acceptors (Lipinski definition) is 6. The van der Waals surface area contributed by atoms with Crippen molar-refractivity contribution >= 4 is 17.9 Å². The van der Waals surface area contributed by atoms with E-state index in [2.05, 4.69) is 27.5 Å². The number of aryl methyl sites for hydroxylation is 1. The van der Waals surface area contributed by atoms with Crippen LogP contribution >= 0.6 is 0 Å². The summed E-state index contributed by atoms with van der Waals surface area (Å²) in [4.78, 5) is 35.3. The fourth-order valence-corrected chi connectivity index (χ4v) is 3.43. The molecule has 0 atom stereocenters. The number of hydrogen-bond donors (Lipinski definition) is 2. The third-order valence-corrected chi connectivity index (χ3v) is 5.33. The van der Waals surface area contributed by atoms with Crippen LogP contribution in [0.4, 0.5) is 10.7 Å². The first-order valence-corrected chi connectivity index (χ1v) is 10.9. The van der Waals surface area contributed by atoms with Crippen LogP contribution in [0.2, 0.25) is 0 Å². The van der Waals surface area contributed by atoms with E-state index in [1.54, 1.807) is 11.1 Å². The molecule has 8 nitrogen and oxygen atoms in total. The van der Waals surface area contributed by atoms with Crippen LogP contribution in [0.5, 0.6) is 0 Å². The fourth-order valence-electron chi connectivity index (χ4n) is 3.43. The zero-order valence-corrected chi connectivity index (χ0v) is 18.3. The first-order valence-electron chi connectivity index (χ1n) is 10.9. The van der Waals surface area contributed by atoms with E-state index in [0.29, 0.717) is 43.1 Å². The van der Waals surface area contributed by atoms with Gasteiger partial charge in [-0.05, 0) is 31.7 Å². The lowest BCUT2D eigenvalue weighted by atomic mass is 10.0. The molecule has 3 rings (SSSR count). The van der Waals surface area contributed by atoms with Crippen LogP contribution in [-0.2, 0) is 11.3 Å². The molecule has 0 radical (unpaired) electrons. The summed E-state index contributed by atoms with van der Waals surface area (Å²) in [5.41, 5.74) is 2.08. The minimum atomic E-state index is -0.316. The molecule has 0 spiro atoms. The standard InChI is InChI=1S/C23H31N5O3/c1-3-4-12-24-22-25-15-20(17(2)26-22)21(29)27-19-10-13-28(14-11-19)23(30)31-16-18-8-6-5-7-9-18/h5-9,15,19H,3-4,10-14,16H2,1-2H3,(H,27,29)(H,24,25,26). The van der Waals surface area contributed by atoms with Crippen LogP contribution in [0.15, 0.2) is 36.5 Å². The lowest BCUT2D eigenvalue weighted by Gasteiger charge is -2.31. The van der Waals surface area contributed by atoms with Crippen molar-refractivity contribution < 1.29 is 14.3 Å². The Morgan fingerprint density at radius 3 is 2.61 bits per heavy atom. The number of unbranched alkanes of at least 4 members (excludes halogenated alkanes) is 1. The number of carbonyl (C=O) groups is 2. The Morgan fingerprint density at radius 1 is 1.19 bits per heavy atom. The molecule has 0 aliphatic carbocycles. The molecule has 0 bridgehead atoms. The smallest absolute Gasteiger partial charge is 0.410 e. The summed E-state index contributed by atoms with van der Waals surface area (Å²) < 4.78 is 5.39. The number of benzene rings is 1. The maximum atomic E-state index is 12.7. The number of carbonyl (C=O) groups excluding carboxylic acids is 2. The molecular formula is C23H31N5O3. The van der Waals surface area contributed by atoms with Crippen LogP contribution in [0.25, 0.3) is 0 Å². The number of nitrogens with zero attached hydrogens (tertiary/aromatic N) is 3. The van der Waals surface area contributed by atoms with Gasteiger partial charge < -0.3 is 20.3 Å². The van der Waals surface area contributed by atoms with E-state index >= 15 is 0 Å². The van der Waals surface area contributed by atoms with Crippen molar-refractivity contribution in [2.45, 2.75) is 52.2 Å². The van der Waals surface area contributed by atoms with Gasteiger partial charge >= 0.3 is 6.09 Å². The summed E-state index contributed by atoms with van der Waals surface area (Å²) in [6.07, 6.45) is 4.76. The van der Waals surface area contributed by atoms with E-state index in [1.807, 2.05) is 37.3 Å². The number of ether oxygens (including phenoxy) is 1. The highest BCUT2D eigenvalue weighted by molar-refractivity contribution is 5.95. The van der Waals surface area contributed by atoms with Crippen molar-refractivity contribution in [1.29, 1.82) is 0 Å². The van der Waals surface area contributed by atoms with Gasteiger partial charge in [0.1, 0.15) is 6.61 Å². The number of nitrogens with one attached hydrogen (secondary N) is 2. The summed E-state index contributed by atoms with van der Waals surface area (Å²) in [6, 6.07) is 9.62. The van der Waals surface area contributed by atoms with E-state index in [9.17, 15) is 9.59 Å². The normalized spacial score (nSPS) is 14.2. The van der Waals surface area contributed by atoms with Crippen LogP contribution in [0, 0.1) is 6.92 Å². The maximum absolute atomic E-state index is 12.7. The maximum Gasteiger partial charge on any atom is 0.410 e. The molecule has 2 amide bonds. The Balaban J connectivity index is 1.43. The Morgan fingerprint density at radius 2 is 1.94 bits per heavy atom.